The van der Waals surface area contributed by atoms with Crippen LogP contribution in [-0.4, -0.2) is 25.8 Å². The van der Waals surface area contributed by atoms with Crippen molar-refractivity contribution >= 4 is 0 Å². The van der Waals surface area contributed by atoms with Crippen LogP contribution in [0.5, 0.6) is 0 Å². The first-order chi connectivity index (χ1) is 6.33. The van der Waals surface area contributed by atoms with Crippen molar-refractivity contribution in [3.05, 3.63) is 0 Å². The molecule has 1 N–H and O–H groups in total. The summed E-state index contributed by atoms with van der Waals surface area (Å²) in [6.07, 6.45) is 7.85. The monoisotopic (exact) mass is 185 g/mol. The zero-order valence-electron chi connectivity index (χ0n) is 9.07. The van der Waals surface area contributed by atoms with E-state index in [0.717, 1.165) is 6.61 Å². The Balaban J connectivity index is 2.50. The molecular formula is C11H23NO. The van der Waals surface area contributed by atoms with Gasteiger partial charge in [-0.25, -0.2) is 0 Å². The Morgan fingerprint density at radius 2 is 2.15 bits per heavy atom. The fourth-order valence-electron chi connectivity index (χ4n) is 2.37. The van der Waals surface area contributed by atoms with Gasteiger partial charge in [0.25, 0.3) is 0 Å². The molecule has 1 aliphatic rings. The third-order valence-electron chi connectivity index (χ3n) is 2.98. The Kier molecular flexibility index (Phi) is 4.74. The predicted molar refractivity (Wildman–Crippen MR) is 56.0 cm³/mol. The summed E-state index contributed by atoms with van der Waals surface area (Å²) < 4.78 is 5.33. The van der Waals surface area contributed by atoms with Gasteiger partial charge in [0.1, 0.15) is 0 Å². The lowest BCUT2D eigenvalue weighted by molar-refractivity contribution is 0.0989. The molecule has 0 aromatic rings. The fraction of sp³-hybridized carbons (Fsp3) is 1.00. The smallest absolute Gasteiger partial charge is 0.0644 e. The van der Waals surface area contributed by atoms with E-state index in [1.165, 1.54) is 45.1 Å². The lowest BCUT2D eigenvalue weighted by atomic mass is 9.89. The van der Waals surface area contributed by atoms with Crippen molar-refractivity contribution in [2.24, 2.45) is 0 Å². The standard InChI is InChI=1S/C11H23NO/c1-3-7-11(10-13-2)8-5-4-6-9-12-11/h12H,3-10H2,1-2H3. The van der Waals surface area contributed by atoms with E-state index in [2.05, 4.69) is 12.2 Å². The van der Waals surface area contributed by atoms with E-state index in [-0.39, 0.29) is 0 Å². The minimum atomic E-state index is 0.292. The summed E-state index contributed by atoms with van der Waals surface area (Å²) in [4.78, 5) is 0. The highest BCUT2D eigenvalue weighted by molar-refractivity contribution is 4.89. The van der Waals surface area contributed by atoms with Gasteiger partial charge in [-0.15, -0.1) is 0 Å². The van der Waals surface area contributed by atoms with Gasteiger partial charge in [0, 0.05) is 12.6 Å². The van der Waals surface area contributed by atoms with Gasteiger partial charge in [-0.3, -0.25) is 0 Å². The average Bonchev–Trinajstić information content (AvgIpc) is 2.32. The normalized spacial score (nSPS) is 30.0. The van der Waals surface area contributed by atoms with E-state index >= 15 is 0 Å². The highest BCUT2D eigenvalue weighted by Gasteiger charge is 2.29. The molecule has 0 bridgehead atoms. The van der Waals surface area contributed by atoms with Crippen molar-refractivity contribution in [3.63, 3.8) is 0 Å². The van der Waals surface area contributed by atoms with Gasteiger partial charge in [0.2, 0.25) is 0 Å². The highest BCUT2D eigenvalue weighted by Crippen LogP contribution is 2.24. The molecule has 0 amide bonds. The van der Waals surface area contributed by atoms with Gasteiger partial charge in [0.05, 0.1) is 6.61 Å². The predicted octanol–water partition coefficient (Wildman–Crippen LogP) is 2.34. The number of nitrogens with one attached hydrogen (secondary N) is 1. The molecule has 1 saturated heterocycles. The largest absolute Gasteiger partial charge is 0.383 e. The summed E-state index contributed by atoms with van der Waals surface area (Å²) in [6.45, 7) is 4.30. The van der Waals surface area contributed by atoms with Crippen LogP contribution >= 0.6 is 0 Å². The van der Waals surface area contributed by atoms with Crippen LogP contribution in [0.2, 0.25) is 0 Å². The van der Waals surface area contributed by atoms with Crippen LogP contribution in [0, 0.1) is 0 Å². The van der Waals surface area contributed by atoms with Gasteiger partial charge in [-0.2, -0.15) is 0 Å². The minimum Gasteiger partial charge on any atom is -0.383 e. The number of methoxy groups -OCH3 is 1. The van der Waals surface area contributed by atoms with Crippen molar-refractivity contribution in [1.82, 2.24) is 5.32 Å². The first kappa shape index (κ1) is 11.0. The molecule has 0 aromatic heterocycles. The molecule has 0 radical (unpaired) electrons. The molecule has 2 nitrogen and oxygen atoms in total. The van der Waals surface area contributed by atoms with E-state index in [0.29, 0.717) is 5.54 Å². The van der Waals surface area contributed by atoms with Gasteiger partial charge in [0.15, 0.2) is 0 Å². The molecule has 1 heterocycles. The number of rotatable bonds is 4. The molecular weight excluding hydrogens is 162 g/mol. The molecule has 0 saturated carbocycles. The van der Waals surface area contributed by atoms with Crippen LogP contribution in [0.4, 0.5) is 0 Å². The summed E-state index contributed by atoms with van der Waals surface area (Å²) in [5.74, 6) is 0. The first-order valence-electron chi connectivity index (χ1n) is 5.57. The lowest BCUT2D eigenvalue weighted by Crippen LogP contribution is -2.48. The van der Waals surface area contributed by atoms with Gasteiger partial charge < -0.3 is 10.1 Å². The third kappa shape index (κ3) is 3.28. The maximum absolute atomic E-state index is 5.33. The van der Waals surface area contributed by atoms with E-state index in [4.69, 9.17) is 4.74 Å². The quantitative estimate of drug-likeness (QED) is 0.726. The summed E-state index contributed by atoms with van der Waals surface area (Å²) in [5.41, 5.74) is 0.292. The molecule has 0 aliphatic carbocycles. The minimum absolute atomic E-state index is 0.292. The summed E-state index contributed by atoms with van der Waals surface area (Å²) in [6, 6.07) is 0. The molecule has 78 valence electrons. The second kappa shape index (κ2) is 5.61. The van der Waals surface area contributed by atoms with Crippen molar-refractivity contribution in [3.8, 4) is 0 Å². The zero-order valence-corrected chi connectivity index (χ0v) is 9.07. The fourth-order valence-corrected chi connectivity index (χ4v) is 2.37. The van der Waals surface area contributed by atoms with E-state index in [1.54, 1.807) is 0 Å². The molecule has 0 aromatic carbocycles. The highest BCUT2D eigenvalue weighted by atomic mass is 16.5. The van der Waals surface area contributed by atoms with Crippen LogP contribution < -0.4 is 5.32 Å². The lowest BCUT2D eigenvalue weighted by Gasteiger charge is -2.32. The van der Waals surface area contributed by atoms with Crippen molar-refractivity contribution < 1.29 is 4.74 Å². The number of ether oxygens (including phenoxy) is 1. The van der Waals surface area contributed by atoms with Gasteiger partial charge >= 0.3 is 0 Å². The number of hydrogen-bond donors (Lipinski definition) is 1. The van der Waals surface area contributed by atoms with E-state index in [9.17, 15) is 0 Å². The van der Waals surface area contributed by atoms with Crippen LogP contribution in [0.25, 0.3) is 0 Å². The molecule has 1 atom stereocenters. The molecule has 1 rings (SSSR count). The summed E-state index contributed by atoms with van der Waals surface area (Å²) in [7, 11) is 1.81. The van der Waals surface area contributed by atoms with Gasteiger partial charge in [-0.1, -0.05) is 26.2 Å². The van der Waals surface area contributed by atoms with Crippen LogP contribution in [0.3, 0.4) is 0 Å². The number of hydrogen-bond acceptors (Lipinski definition) is 2. The second-order valence-electron chi connectivity index (χ2n) is 4.20. The Bertz CT molecular complexity index is 120. The van der Waals surface area contributed by atoms with E-state index < -0.39 is 0 Å². The van der Waals surface area contributed by atoms with Crippen molar-refractivity contribution in [2.45, 2.75) is 51.0 Å². The van der Waals surface area contributed by atoms with Crippen molar-refractivity contribution in [1.29, 1.82) is 0 Å². The Morgan fingerprint density at radius 1 is 1.31 bits per heavy atom. The topological polar surface area (TPSA) is 21.3 Å². The Hall–Kier alpha value is -0.0800. The first-order valence-corrected chi connectivity index (χ1v) is 5.57. The third-order valence-corrected chi connectivity index (χ3v) is 2.98. The van der Waals surface area contributed by atoms with E-state index in [1.807, 2.05) is 7.11 Å². The second-order valence-corrected chi connectivity index (χ2v) is 4.20. The Morgan fingerprint density at radius 3 is 2.85 bits per heavy atom. The molecule has 0 spiro atoms. The zero-order chi connectivity index (χ0) is 9.57. The van der Waals surface area contributed by atoms with Crippen LogP contribution in [-0.2, 0) is 4.74 Å². The SMILES string of the molecule is CCCC1(COC)CCCCCN1. The molecule has 1 fully saturated rings. The summed E-state index contributed by atoms with van der Waals surface area (Å²) >= 11 is 0. The Labute approximate surface area is 82.0 Å². The maximum Gasteiger partial charge on any atom is 0.0644 e. The van der Waals surface area contributed by atoms with Crippen molar-refractivity contribution in [2.75, 3.05) is 20.3 Å². The molecule has 13 heavy (non-hydrogen) atoms. The molecule has 2 heteroatoms. The summed E-state index contributed by atoms with van der Waals surface area (Å²) in [5, 5.41) is 3.67. The van der Waals surface area contributed by atoms with Crippen LogP contribution in [0.15, 0.2) is 0 Å². The maximum atomic E-state index is 5.33. The van der Waals surface area contributed by atoms with Gasteiger partial charge in [-0.05, 0) is 25.8 Å². The average molecular weight is 185 g/mol. The molecule has 1 aliphatic heterocycles. The molecule has 1 unspecified atom stereocenters. The van der Waals surface area contributed by atoms with Crippen LogP contribution in [0.1, 0.15) is 45.4 Å².